The third-order valence-electron chi connectivity index (χ3n) is 3.95. The minimum absolute atomic E-state index is 0.505. The van der Waals surface area contributed by atoms with Gasteiger partial charge in [0.1, 0.15) is 0 Å². The predicted octanol–water partition coefficient (Wildman–Crippen LogP) is 3.44. The summed E-state index contributed by atoms with van der Waals surface area (Å²) in [6.45, 7) is 4.76. The number of morpholine rings is 1. The van der Waals surface area contributed by atoms with Crippen LogP contribution in [0.2, 0.25) is 0 Å². The van der Waals surface area contributed by atoms with Crippen LogP contribution in [0.15, 0.2) is 42.5 Å². The Hall–Kier alpha value is -1.42. The molecule has 0 saturated carbocycles. The van der Waals surface area contributed by atoms with E-state index in [0.717, 1.165) is 18.4 Å². The molecule has 0 bridgehead atoms. The molecule has 2 aromatic carbocycles. The van der Waals surface area contributed by atoms with E-state index in [4.69, 9.17) is 14.8 Å². The van der Waals surface area contributed by atoms with Crippen molar-refractivity contribution in [1.29, 1.82) is 0 Å². The van der Waals surface area contributed by atoms with Crippen LogP contribution in [0.3, 0.4) is 0 Å². The molecule has 1 fully saturated rings. The maximum Gasteiger partial charge on any atom is 0.184 e. The van der Waals surface area contributed by atoms with Crippen LogP contribution in [0.4, 0.5) is 0 Å². The molecule has 1 saturated heterocycles. The Morgan fingerprint density at radius 3 is 2.86 bits per heavy atom. The second-order valence-corrected chi connectivity index (χ2v) is 5.45. The van der Waals surface area contributed by atoms with Crippen LogP contribution in [0.25, 0.3) is 10.8 Å². The molecule has 0 spiro atoms. The summed E-state index contributed by atoms with van der Waals surface area (Å²) in [7, 11) is 0. The quantitative estimate of drug-likeness (QED) is 0.788. The molecule has 1 heterocycles. The molecule has 111 valence electrons. The summed E-state index contributed by atoms with van der Waals surface area (Å²) in [4.78, 5) is 0. The van der Waals surface area contributed by atoms with Gasteiger partial charge in [0.2, 0.25) is 0 Å². The second-order valence-electron chi connectivity index (χ2n) is 5.45. The van der Waals surface area contributed by atoms with Gasteiger partial charge in [-0.15, -0.1) is 0 Å². The number of rotatable bonds is 5. The van der Waals surface area contributed by atoms with Crippen LogP contribution in [-0.2, 0) is 15.2 Å². The molecule has 1 aliphatic rings. The molecule has 21 heavy (non-hydrogen) atoms. The van der Waals surface area contributed by atoms with E-state index < -0.39 is 5.72 Å². The van der Waals surface area contributed by atoms with Gasteiger partial charge in [-0.3, -0.25) is 0 Å². The summed E-state index contributed by atoms with van der Waals surface area (Å²) in [6, 6.07) is 14.7. The standard InChI is InChI=1S/C18H22NO2/c1-2-3-12-21-18(14-20-13-11-19-18)17-10-6-8-15-7-4-5-9-16(15)17/h4-10H,2-3,11-14H2,1H3. The molecule has 0 aromatic heterocycles. The zero-order valence-electron chi connectivity index (χ0n) is 12.5. The fourth-order valence-corrected chi connectivity index (χ4v) is 2.83. The molecule has 3 heteroatoms. The maximum absolute atomic E-state index is 6.21. The van der Waals surface area contributed by atoms with Gasteiger partial charge in [0.05, 0.1) is 13.2 Å². The van der Waals surface area contributed by atoms with Gasteiger partial charge in [0.25, 0.3) is 0 Å². The monoisotopic (exact) mass is 284 g/mol. The van der Waals surface area contributed by atoms with Crippen LogP contribution >= 0.6 is 0 Å². The molecule has 0 N–H and O–H groups in total. The maximum atomic E-state index is 6.21. The second kappa shape index (κ2) is 6.56. The Kier molecular flexibility index (Phi) is 4.54. The average molecular weight is 284 g/mol. The lowest BCUT2D eigenvalue weighted by Crippen LogP contribution is -2.49. The summed E-state index contributed by atoms with van der Waals surface area (Å²) in [5, 5.41) is 7.22. The summed E-state index contributed by atoms with van der Waals surface area (Å²) in [6.07, 6.45) is 2.16. The first-order valence-electron chi connectivity index (χ1n) is 7.74. The van der Waals surface area contributed by atoms with Crippen LogP contribution in [0.5, 0.6) is 0 Å². The minimum atomic E-state index is -0.645. The van der Waals surface area contributed by atoms with Gasteiger partial charge in [0.15, 0.2) is 5.72 Å². The number of hydrogen-bond acceptors (Lipinski definition) is 2. The Balaban J connectivity index is 2.01. The highest BCUT2D eigenvalue weighted by atomic mass is 16.6. The predicted molar refractivity (Wildman–Crippen MR) is 84.3 cm³/mol. The van der Waals surface area contributed by atoms with Crippen molar-refractivity contribution in [3.05, 3.63) is 48.0 Å². The van der Waals surface area contributed by atoms with E-state index in [1.807, 2.05) is 0 Å². The highest BCUT2D eigenvalue weighted by Gasteiger charge is 2.38. The lowest BCUT2D eigenvalue weighted by atomic mass is 9.95. The Morgan fingerprint density at radius 2 is 2.05 bits per heavy atom. The van der Waals surface area contributed by atoms with E-state index in [-0.39, 0.29) is 0 Å². The van der Waals surface area contributed by atoms with Crippen LogP contribution < -0.4 is 5.32 Å². The summed E-state index contributed by atoms with van der Waals surface area (Å²) < 4.78 is 11.9. The minimum Gasteiger partial charge on any atom is -0.375 e. The Bertz CT molecular complexity index is 585. The van der Waals surface area contributed by atoms with Crippen molar-refractivity contribution in [3.63, 3.8) is 0 Å². The number of fused-ring (bicyclic) bond motifs is 1. The summed E-state index contributed by atoms with van der Waals surface area (Å²) in [5.74, 6) is 0. The highest BCUT2D eigenvalue weighted by molar-refractivity contribution is 5.86. The van der Waals surface area contributed by atoms with Crippen LogP contribution in [0, 0.1) is 0 Å². The van der Waals surface area contributed by atoms with Gasteiger partial charge < -0.3 is 9.47 Å². The van der Waals surface area contributed by atoms with Gasteiger partial charge in [0, 0.05) is 18.7 Å². The normalized spacial score (nSPS) is 22.5. The molecule has 1 radical (unpaired) electrons. The van der Waals surface area contributed by atoms with E-state index in [1.54, 1.807) is 0 Å². The Labute approximate surface area is 126 Å². The molecule has 1 atom stereocenters. The SMILES string of the molecule is CCCCOC1(c2cccc3ccccc23)COCC[N]1. The van der Waals surface area contributed by atoms with Gasteiger partial charge in [-0.1, -0.05) is 55.8 Å². The molecular weight excluding hydrogens is 262 g/mol. The van der Waals surface area contributed by atoms with Crippen molar-refractivity contribution < 1.29 is 9.47 Å². The van der Waals surface area contributed by atoms with E-state index in [9.17, 15) is 0 Å². The van der Waals surface area contributed by atoms with E-state index in [2.05, 4.69) is 49.4 Å². The fourth-order valence-electron chi connectivity index (χ4n) is 2.83. The molecule has 0 aliphatic carbocycles. The molecule has 2 aromatic rings. The number of ether oxygens (including phenoxy) is 2. The zero-order chi connectivity index (χ0) is 14.5. The fraction of sp³-hybridized carbons (Fsp3) is 0.444. The van der Waals surface area contributed by atoms with Crippen molar-refractivity contribution in [1.82, 2.24) is 5.32 Å². The largest absolute Gasteiger partial charge is 0.375 e. The smallest absolute Gasteiger partial charge is 0.184 e. The van der Waals surface area contributed by atoms with Gasteiger partial charge in [-0.2, -0.15) is 5.32 Å². The molecule has 0 amide bonds. The number of unbranched alkanes of at least 4 members (excludes halogenated alkanes) is 1. The molecule has 1 unspecified atom stereocenters. The summed E-state index contributed by atoms with van der Waals surface area (Å²) in [5.41, 5.74) is 0.477. The average Bonchev–Trinajstić information content (AvgIpc) is 2.55. The third-order valence-corrected chi connectivity index (χ3v) is 3.95. The van der Waals surface area contributed by atoms with Gasteiger partial charge in [-0.05, 0) is 17.2 Å². The first-order chi connectivity index (χ1) is 10.4. The number of benzene rings is 2. The molecular formula is C18H22NO2. The lowest BCUT2D eigenvalue weighted by Gasteiger charge is -2.37. The number of hydrogen-bond donors (Lipinski definition) is 0. The van der Waals surface area contributed by atoms with Crippen molar-refractivity contribution in [2.24, 2.45) is 0 Å². The van der Waals surface area contributed by atoms with E-state index in [1.165, 1.54) is 10.8 Å². The van der Waals surface area contributed by atoms with E-state index in [0.29, 0.717) is 26.4 Å². The molecule has 1 aliphatic heterocycles. The van der Waals surface area contributed by atoms with Gasteiger partial charge >= 0.3 is 0 Å². The first kappa shape index (κ1) is 14.5. The van der Waals surface area contributed by atoms with Crippen molar-refractivity contribution in [3.8, 4) is 0 Å². The highest BCUT2D eigenvalue weighted by Crippen LogP contribution is 2.33. The number of nitrogens with zero attached hydrogens (tertiary/aromatic N) is 1. The van der Waals surface area contributed by atoms with Gasteiger partial charge in [-0.25, -0.2) is 0 Å². The van der Waals surface area contributed by atoms with Crippen molar-refractivity contribution in [2.45, 2.75) is 25.5 Å². The van der Waals surface area contributed by atoms with Crippen LogP contribution in [-0.4, -0.2) is 26.4 Å². The van der Waals surface area contributed by atoms with Crippen LogP contribution in [0.1, 0.15) is 25.3 Å². The molecule has 3 nitrogen and oxygen atoms in total. The first-order valence-corrected chi connectivity index (χ1v) is 7.74. The van der Waals surface area contributed by atoms with Crippen molar-refractivity contribution >= 4 is 10.8 Å². The Morgan fingerprint density at radius 1 is 1.19 bits per heavy atom. The van der Waals surface area contributed by atoms with Crippen molar-refractivity contribution in [2.75, 3.05) is 26.4 Å². The zero-order valence-corrected chi connectivity index (χ0v) is 12.5. The van der Waals surface area contributed by atoms with E-state index >= 15 is 0 Å². The summed E-state index contributed by atoms with van der Waals surface area (Å²) >= 11 is 0. The lowest BCUT2D eigenvalue weighted by molar-refractivity contribution is -0.151. The third kappa shape index (κ3) is 2.95. The topological polar surface area (TPSA) is 32.6 Å². The molecule has 3 rings (SSSR count).